The average molecular weight is 389 g/mol. The second-order valence-corrected chi connectivity index (χ2v) is 7.85. The summed E-state index contributed by atoms with van der Waals surface area (Å²) in [6.45, 7) is 5.18. The highest BCUT2D eigenvalue weighted by Crippen LogP contribution is 2.34. The number of fused-ring (bicyclic) bond motifs is 1. The van der Waals surface area contributed by atoms with E-state index >= 15 is 0 Å². The number of hydrogen-bond donors (Lipinski definition) is 0. The van der Waals surface area contributed by atoms with Crippen molar-refractivity contribution in [3.05, 3.63) is 76.3 Å². The fourth-order valence-electron chi connectivity index (χ4n) is 3.86. The summed E-state index contributed by atoms with van der Waals surface area (Å²) in [5.41, 5.74) is 1.66. The van der Waals surface area contributed by atoms with Crippen molar-refractivity contribution >= 4 is 16.8 Å². The van der Waals surface area contributed by atoms with Gasteiger partial charge in [0.15, 0.2) is 0 Å². The smallest absolute Gasteiger partial charge is 0.261 e. The Hall–Kier alpha value is -2.95. The van der Waals surface area contributed by atoms with Gasteiger partial charge in [-0.15, -0.1) is 0 Å². The fourth-order valence-corrected chi connectivity index (χ4v) is 3.86. The van der Waals surface area contributed by atoms with Crippen molar-refractivity contribution < 1.29 is 4.79 Å². The van der Waals surface area contributed by atoms with Crippen molar-refractivity contribution in [3.8, 4) is 0 Å². The summed E-state index contributed by atoms with van der Waals surface area (Å²) in [6.07, 6.45) is 2.81. The maximum atomic E-state index is 13.4. The molecule has 0 spiro atoms. The number of para-hydroxylation sites is 1. The fraction of sp³-hybridized carbons (Fsp3) is 0.375. The Balaban J connectivity index is 1.83. The Morgan fingerprint density at radius 1 is 1.14 bits per heavy atom. The summed E-state index contributed by atoms with van der Waals surface area (Å²) in [6, 6.07) is 17.1. The monoisotopic (exact) mass is 389 g/mol. The molecule has 1 heterocycles. The molecule has 1 amide bonds. The molecule has 1 fully saturated rings. The Bertz CT molecular complexity index is 1070. The predicted molar refractivity (Wildman–Crippen MR) is 115 cm³/mol. The number of rotatable bonds is 7. The Kier molecular flexibility index (Phi) is 5.47. The highest BCUT2D eigenvalue weighted by atomic mass is 16.2. The Morgan fingerprint density at radius 3 is 2.52 bits per heavy atom. The number of benzene rings is 2. The zero-order valence-corrected chi connectivity index (χ0v) is 17.0. The highest BCUT2D eigenvalue weighted by molar-refractivity contribution is 5.81. The van der Waals surface area contributed by atoms with Gasteiger partial charge in [0, 0.05) is 12.5 Å². The van der Waals surface area contributed by atoms with Gasteiger partial charge < -0.3 is 4.90 Å². The van der Waals surface area contributed by atoms with E-state index < -0.39 is 0 Å². The predicted octanol–water partition coefficient (Wildman–Crippen LogP) is 4.15. The first-order valence-electron chi connectivity index (χ1n) is 10.4. The molecule has 5 nitrogen and oxygen atoms in total. The Morgan fingerprint density at radius 2 is 1.83 bits per heavy atom. The van der Waals surface area contributed by atoms with E-state index in [9.17, 15) is 9.59 Å². The minimum absolute atomic E-state index is 0.0587. The normalized spacial score (nSPS) is 14.7. The molecule has 1 aliphatic carbocycles. The highest BCUT2D eigenvalue weighted by Gasteiger charge is 2.36. The zero-order valence-electron chi connectivity index (χ0n) is 17.0. The summed E-state index contributed by atoms with van der Waals surface area (Å²) >= 11 is 0. The van der Waals surface area contributed by atoms with Crippen LogP contribution >= 0.6 is 0 Å². The lowest BCUT2D eigenvalue weighted by Crippen LogP contribution is -2.39. The number of nitrogens with zero attached hydrogens (tertiary/aromatic N) is 3. The van der Waals surface area contributed by atoms with Crippen molar-refractivity contribution in [2.75, 3.05) is 6.54 Å². The lowest BCUT2D eigenvalue weighted by molar-refractivity contribution is -0.135. The number of carbonyl (C=O) groups excluding carboxylic acids is 1. The van der Waals surface area contributed by atoms with Crippen LogP contribution in [-0.2, 0) is 11.3 Å². The average Bonchev–Trinajstić information content (AvgIpc) is 3.59. The molecule has 0 bridgehead atoms. The van der Waals surface area contributed by atoms with Gasteiger partial charge in [-0.25, -0.2) is 4.98 Å². The van der Waals surface area contributed by atoms with Crippen molar-refractivity contribution in [2.45, 2.75) is 45.7 Å². The van der Waals surface area contributed by atoms with E-state index in [0.29, 0.717) is 29.8 Å². The molecule has 1 aromatic heterocycles. The molecule has 0 aliphatic heterocycles. The number of carbonyl (C=O) groups is 1. The van der Waals surface area contributed by atoms with E-state index in [-0.39, 0.29) is 23.4 Å². The molecule has 0 saturated heterocycles. The van der Waals surface area contributed by atoms with Crippen LogP contribution in [0.3, 0.4) is 0 Å². The van der Waals surface area contributed by atoms with Crippen molar-refractivity contribution in [2.24, 2.45) is 5.92 Å². The van der Waals surface area contributed by atoms with Gasteiger partial charge in [-0.1, -0.05) is 49.4 Å². The first-order valence-corrected chi connectivity index (χ1v) is 10.4. The van der Waals surface area contributed by atoms with Gasteiger partial charge in [-0.2, -0.15) is 0 Å². The molecule has 1 aliphatic rings. The summed E-state index contributed by atoms with van der Waals surface area (Å²) in [4.78, 5) is 33.1. The lowest BCUT2D eigenvalue weighted by atomic mass is 10.1. The van der Waals surface area contributed by atoms with Crippen LogP contribution in [-0.4, -0.2) is 26.9 Å². The second kappa shape index (κ2) is 8.19. The molecule has 29 heavy (non-hydrogen) atoms. The van der Waals surface area contributed by atoms with Gasteiger partial charge in [0.05, 0.1) is 23.5 Å². The standard InChI is InChI=1S/C24H27N3O2/c1-3-15-26(23(28)19-13-14-19)17(2)22-25-21-12-8-7-11-20(21)24(29)27(22)16-18-9-5-4-6-10-18/h4-12,17,19H,3,13-16H2,1-2H3. The van der Waals surface area contributed by atoms with Crippen LogP contribution in [0, 0.1) is 5.92 Å². The molecule has 5 heteroatoms. The van der Waals surface area contributed by atoms with Gasteiger partial charge in [0.25, 0.3) is 5.56 Å². The lowest BCUT2D eigenvalue weighted by Gasteiger charge is -2.30. The van der Waals surface area contributed by atoms with Gasteiger partial charge >= 0.3 is 0 Å². The molecule has 1 atom stereocenters. The van der Waals surface area contributed by atoms with Crippen molar-refractivity contribution in [1.29, 1.82) is 0 Å². The maximum Gasteiger partial charge on any atom is 0.261 e. The van der Waals surface area contributed by atoms with Gasteiger partial charge in [-0.3, -0.25) is 14.2 Å². The number of amides is 1. The zero-order chi connectivity index (χ0) is 20.4. The molecule has 1 unspecified atom stereocenters. The number of hydrogen-bond acceptors (Lipinski definition) is 3. The van der Waals surface area contributed by atoms with Crippen LogP contribution in [0.5, 0.6) is 0 Å². The second-order valence-electron chi connectivity index (χ2n) is 7.85. The first-order chi connectivity index (χ1) is 14.1. The molecule has 4 rings (SSSR count). The third-order valence-electron chi connectivity index (χ3n) is 5.59. The Labute approximate surface area is 171 Å². The van der Waals surface area contributed by atoms with Crippen LogP contribution in [0.15, 0.2) is 59.4 Å². The quantitative estimate of drug-likeness (QED) is 0.610. The molecular formula is C24H27N3O2. The van der Waals surface area contributed by atoms with E-state index in [0.717, 1.165) is 24.8 Å². The molecule has 150 valence electrons. The summed E-state index contributed by atoms with van der Waals surface area (Å²) < 4.78 is 1.74. The van der Waals surface area contributed by atoms with Gasteiger partial charge in [0.1, 0.15) is 5.82 Å². The summed E-state index contributed by atoms with van der Waals surface area (Å²) in [5, 5.41) is 0.606. The van der Waals surface area contributed by atoms with Crippen LogP contribution in [0.4, 0.5) is 0 Å². The molecule has 2 aromatic carbocycles. The summed E-state index contributed by atoms with van der Waals surface area (Å²) in [5.74, 6) is 0.978. The van der Waals surface area contributed by atoms with E-state index in [1.54, 1.807) is 4.57 Å². The van der Waals surface area contributed by atoms with Crippen molar-refractivity contribution in [1.82, 2.24) is 14.5 Å². The van der Waals surface area contributed by atoms with Crippen LogP contribution in [0.1, 0.15) is 50.5 Å². The first kappa shape index (κ1) is 19.4. The van der Waals surface area contributed by atoms with Crippen LogP contribution in [0.2, 0.25) is 0 Å². The van der Waals surface area contributed by atoms with E-state index in [4.69, 9.17) is 4.98 Å². The SMILES string of the molecule is CCCN(C(=O)C1CC1)C(C)c1nc2ccccc2c(=O)n1Cc1ccccc1. The van der Waals surface area contributed by atoms with E-state index in [1.807, 2.05) is 66.4 Å². The molecule has 0 N–H and O–H groups in total. The molecular weight excluding hydrogens is 362 g/mol. The minimum atomic E-state index is -0.260. The molecule has 0 radical (unpaired) electrons. The summed E-state index contributed by atoms with van der Waals surface area (Å²) in [7, 11) is 0. The largest absolute Gasteiger partial charge is 0.333 e. The third kappa shape index (κ3) is 3.95. The van der Waals surface area contributed by atoms with Crippen LogP contribution < -0.4 is 5.56 Å². The van der Waals surface area contributed by atoms with Crippen molar-refractivity contribution in [3.63, 3.8) is 0 Å². The topological polar surface area (TPSA) is 55.2 Å². The third-order valence-corrected chi connectivity index (χ3v) is 5.59. The van der Waals surface area contributed by atoms with Gasteiger partial charge in [0.2, 0.25) is 5.91 Å². The number of aromatic nitrogens is 2. The van der Waals surface area contributed by atoms with E-state index in [2.05, 4.69) is 6.92 Å². The molecule has 3 aromatic rings. The van der Waals surface area contributed by atoms with Gasteiger partial charge in [-0.05, 0) is 43.9 Å². The minimum Gasteiger partial charge on any atom is -0.333 e. The maximum absolute atomic E-state index is 13.4. The van der Waals surface area contributed by atoms with Crippen LogP contribution in [0.25, 0.3) is 10.9 Å². The van der Waals surface area contributed by atoms with E-state index in [1.165, 1.54) is 0 Å². The molecule has 1 saturated carbocycles.